The molecule has 0 radical (unpaired) electrons. The van der Waals surface area contributed by atoms with Gasteiger partial charge in [0.05, 0.1) is 28.4 Å². The maximum Gasteiger partial charge on any atom is 0.243 e. The largest absolute Gasteiger partial charge is 0.340 e. The topological polar surface area (TPSA) is 91.8 Å². The molecule has 2 aliphatic heterocycles. The van der Waals surface area contributed by atoms with Gasteiger partial charge in [0.2, 0.25) is 15.9 Å². The van der Waals surface area contributed by atoms with Gasteiger partial charge in [0.1, 0.15) is 0 Å². The second kappa shape index (κ2) is 8.72. The van der Waals surface area contributed by atoms with Crippen LogP contribution in [0.4, 0.5) is 0 Å². The summed E-state index contributed by atoms with van der Waals surface area (Å²) < 4.78 is 51.9. The summed E-state index contributed by atoms with van der Waals surface area (Å²) in [4.78, 5) is 14.9. The van der Waals surface area contributed by atoms with Crippen LogP contribution in [-0.4, -0.2) is 63.1 Å². The molecule has 2 atom stereocenters. The van der Waals surface area contributed by atoms with E-state index in [-0.39, 0.29) is 48.0 Å². The molecule has 2 aromatic carbocycles. The van der Waals surface area contributed by atoms with Gasteiger partial charge in [-0.3, -0.25) is 4.79 Å². The highest BCUT2D eigenvalue weighted by atomic mass is 32.2. The van der Waals surface area contributed by atoms with Gasteiger partial charge in [-0.05, 0) is 30.5 Å². The van der Waals surface area contributed by atoms with Crippen LogP contribution < -0.4 is 0 Å². The van der Waals surface area contributed by atoms with Gasteiger partial charge in [0.25, 0.3) is 0 Å². The Morgan fingerprint density at radius 1 is 0.871 bits per heavy atom. The predicted octanol–water partition coefficient (Wildman–Crippen LogP) is 2.09. The molecular formula is C22H26N2O5S2. The zero-order chi connectivity index (χ0) is 22.1. The van der Waals surface area contributed by atoms with Crippen molar-refractivity contribution in [1.29, 1.82) is 0 Å². The summed E-state index contributed by atoms with van der Waals surface area (Å²) in [5, 5.41) is 0. The standard InChI is InChI=1S/C22H26N2O5S2/c25-22(23-13-15-30(26,27)16-14-23)19-11-12-21(18-7-3-1-4-8-18)24(17-19)31(28,29)20-9-5-2-6-10-20/h1-10,19,21H,11-17H2/t19-,21-/m1/s1. The maximum absolute atomic E-state index is 13.5. The minimum atomic E-state index is -3.81. The summed E-state index contributed by atoms with van der Waals surface area (Å²) in [6.07, 6.45) is 1.08. The summed E-state index contributed by atoms with van der Waals surface area (Å²) >= 11 is 0. The average molecular weight is 463 g/mol. The van der Waals surface area contributed by atoms with Gasteiger partial charge in [-0.25, -0.2) is 16.8 Å². The van der Waals surface area contributed by atoms with Crippen molar-refractivity contribution in [3.05, 3.63) is 66.2 Å². The van der Waals surface area contributed by atoms with Gasteiger partial charge in [-0.1, -0.05) is 48.5 Å². The highest BCUT2D eigenvalue weighted by molar-refractivity contribution is 7.91. The van der Waals surface area contributed by atoms with Crippen LogP contribution in [0.5, 0.6) is 0 Å². The van der Waals surface area contributed by atoms with Crippen LogP contribution >= 0.6 is 0 Å². The Bertz CT molecular complexity index is 1120. The van der Waals surface area contributed by atoms with Crippen LogP contribution in [0.15, 0.2) is 65.6 Å². The zero-order valence-electron chi connectivity index (χ0n) is 17.1. The molecule has 2 aliphatic rings. The number of hydrogen-bond acceptors (Lipinski definition) is 5. The predicted molar refractivity (Wildman–Crippen MR) is 117 cm³/mol. The third-order valence-electron chi connectivity index (χ3n) is 6.08. The van der Waals surface area contributed by atoms with Crippen LogP contribution in [0.2, 0.25) is 0 Å². The van der Waals surface area contributed by atoms with Crippen LogP contribution in [-0.2, 0) is 24.7 Å². The molecule has 2 saturated heterocycles. The summed E-state index contributed by atoms with van der Waals surface area (Å²) in [5.41, 5.74) is 0.900. The Labute approximate surface area is 183 Å². The first kappa shape index (κ1) is 22.0. The molecule has 0 N–H and O–H groups in total. The zero-order valence-corrected chi connectivity index (χ0v) is 18.8. The van der Waals surface area contributed by atoms with Crippen molar-refractivity contribution >= 4 is 25.8 Å². The number of piperidine rings is 1. The monoisotopic (exact) mass is 462 g/mol. The van der Waals surface area contributed by atoms with Crippen molar-refractivity contribution in [1.82, 2.24) is 9.21 Å². The van der Waals surface area contributed by atoms with Crippen molar-refractivity contribution in [2.45, 2.75) is 23.8 Å². The molecule has 7 nitrogen and oxygen atoms in total. The Morgan fingerprint density at radius 3 is 2.06 bits per heavy atom. The lowest BCUT2D eigenvalue weighted by Gasteiger charge is -2.40. The molecule has 0 spiro atoms. The van der Waals surface area contributed by atoms with E-state index in [9.17, 15) is 21.6 Å². The first-order valence-electron chi connectivity index (χ1n) is 10.4. The van der Waals surface area contributed by atoms with Crippen LogP contribution in [0, 0.1) is 5.92 Å². The normalized spacial score (nSPS) is 24.6. The molecular weight excluding hydrogens is 436 g/mol. The quantitative estimate of drug-likeness (QED) is 0.694. The molecule has 9 heteroatoms. The van der Waals surface area contributed by atoms with Gasteiger partial charge in [0, 0.05) is 19.6 Å². The first-order valence-corrected chi connectivity index (χ1v) is 13.7. The number of sulfone groups is 1. The summed E-state index contributed by atoms with van der Waals surface area (Å²) in [6.45, 7) is 0.426. The Hall–Kier alpha value is -2.23. The molecule has 0 unspecified atom stereocenters. The van der Waals surface area contributed by atoms with E-state index < -0.39 is 25.8 Å². The van der Waals surface area contributed by atoms with Crippen molar-refractivity contribution in [3.8, 4) is 0 Å². The molecule has 0 bridgehead atoms. The first-order chi connectivity index (χ1) is 14.8. The molecule has 166 valence electrons. The number of benzene rings is 2. The molecule has 0 aromatic heterocycles. The number of sulfonamides is 1. The Morgan fingerprint density at radius 2 is 1.45 bits per heavy atom. The third kappa shape index (κ3) is 4.68. The summed E-state index contributed by atoms with van der Waals surface area (Å²) in [6, 6.07) is 17.4. The van der Waals surface area contributed by atoms with Gasteiger partial charge >= 0.3 is 0 Å². The fourth-order valence-corrected chi connectivity index (χ4v) is 7.24. The number of nitrogens with zero attached hydrogens (tertiary/aromatic N) is 2. The SMILES string of the molecule is O=C([C@@H]1CC[C@H](c2ccccc2)N(S(=O)(=O)c2ccccc2)C1)N1CCS(=O)(=O)CC1. The lowest BCUT2D eigenvalue weighted by Crippen LogP contribution is -2.51. The molecule has 1 amide bonds. The smallest absolute Gasteiger partial charge is 0.243 e. The maximum atomic E-state index is 13.5. The van der Waals surface area contributed by atoms with E-state index in [4.69, 9.17) is 0 Å². The molecule has 0 aliphatic carbocycles. The van der Waals surface area contributed by atoms with Crippen LogP contribution in [0.1, 0.15) is 24.4 Å². The van der Waals surface area contributed by atoms with Crippen LogP contribution in [0.3, 0.4) is 0 Å². The molecule has 31 heavy (non-hydrogen) atoms. The van der Waals surface area contributed by atoms with Gasteiger partial charge < -0.3 is 4.90 Å². The lowest BCUT2D eigenvalue weighted by molar-refractivity contribution is -0.136. The van der Waals surface area contributed by atoms with E-state index in [1.165, 1.54) is 4.31 Å². The van der Waals surface area contributed by atoms with E-state index in [1.54, 1.807) is 35.2 Å². The van der Waals surface area contributed by atoms with Crippen molar-refractivity contribution in [3.63, 3.8) is 0 Å². The second-order valence-electron chi connectivity index (χ2n) is 8.07. The number of carbonyl (C=O) groups is 1. The van der Waals surface area contributed by atoms with E-state index in [1.807, 2.05) is 30.3 Å². The fourth-order valence-electron chi connectivity index (χ4n) is 4.33. The Kier molecular flexibility index (Phi) is 6.18. The second-order valence-corrected chi connectivity index (χ2v) is 12.3. The summed E-state index contributed by atoms with van der Waals surface area (Å²) in [5.74, 6) is -0.720. The number of hydrogen-bond donors (Lipinski definition) is 0. The van der Waals surface area contributed by atoms with Gasteiger partial charge in [0.15, 0.2) is 9.84 Å². The molecule has 2 fully saturated rings. The highest BCUT2D eigenvalue weighted by Gasteiger charge is 2.41. The lowest BCUT2D eigenvalue weighted by atomic mass is 9.90. The minimum absolute atomic E-state index is 0.0376. The summed E-state index contributed by atoms with van der Waals surface area (Å²) in [7, 11) is -6.90. The number of amides is 1. The minimum Gasteiger partial charge on any atom is -0.340 e. The number of rotatable bonds is 4. The van der Waals surface area contributed by atoms with Crippen molar-refractivity contribution in [2.75, 3.05) is 31.1 Å². The van der Waals surface area contributed by atoms with Crippen molar-refractivity contribution in [2.24, 2.45) is 5.92 Å². The van der Waals surface area contributed by atoms with Gasteiger partial charge in [-0.15, -0.1) is 0 Å². The third-order valence-corrected chi connectivity index (χ3v) is 9.57. The van der Waals surface area contributed by atoms with Crippen molar-refractivity contribution < 1.29 is 21.6 Å². The van der Waals surface area contributed by atoms with Crippen LogP contribution in [0.25, 0.3) is 0 Å². The van der Waals surface area contributed by atoms with Gasteiger partial charge in [-0.2, -0.15) is 4.31 Å². The molecule has 2 heterocycles. The highest BCUT2D eigenvalue weighted by Crippen LogP contribution is 2.38. The number of carbonyl (C=O) groups excluding carboxylic acids is 1. The molecule has 2 aromatic rings. The van der Waals surface area contributed by atoms with E-state index >= 15 is 0 Å². The average Bonchev–Trinajstić information content (AvgIpc) is 2.79. The van der Waals surface area contributed by atoms with E-state index in [0.717, 1.165) is 5.56 Å². The molecule has 0 saturated carbocycles. The molecule has 4 rings (SSSR count). The van der Waals surface area contributed by atoms with E-state index in [2.05, 4.69) is 0 Å². The van der Waals surface area contributed by atoms with E-state index in [0.29, 0.717) is 12.8 Å². The fraction of sp³-hybridized carbons (Fsp3) is 0.409. The Balaban J connectivity index is 1.62.